The standard InChI is InChI=1S/C25H27FN6O4/c1-16-7-12-20(36-16)23-28-30-32(29-23)15-21(33)31(14-19-6-5-13-35-19)22(24(34)27-25(2,3)4)17-8-10-18(26)11-9-17/h5-13,22H,14-15H2,1-4H3,(H,27,34)/t22-/m1/s1. The molecule has 0 radical (unpaired) electrons. The Balaban J connectivity index is 1.67. The van der Waals surface area contributed by atoms with Crippen molar-refractivity contribution in [1.82, 2.24) is 30.4 Å². The van der Waals surface area contributed by atoms with Crippen molar-refractivity contribution >= 4 is 11.8 Å². The Labute approximate surface area is 207 Å². The average molecular weight is 495 g/mol. The summed E-state index contributed by atoms with van der Waals surface area (Å²) in [5.74, 6) is 0.467. The van der Waals surface area contributed by atoms with E-state index in [0.717, 1.165) is 4.80 Å². The van der Waals surface area contributed by atoms with Gasteiger partial charge in [-0.25, -0.2) is 4.39 Å². The third-order valence-corrected chi connectivity index (χ3v) is 5.16. The fourth-order valence-electron chi connectivity index (χ4n) is 3.63. The number of aromatic nitrogens is 4. The van der Waals surface area contributed by atoms with Gasteiger partial charge in [0.05, 0.1) is 12.8 Å². The molecule has 0 saturated carbocycles. The van der Waals surface area contributed by atoms with Crippen molar-refractivity contribution in [2.45, 2.75) is 52.4 Å². The first-order chi connectivity index (χ1) is 17.1. The topological polar surface area (TPSA) is 119 Å². The number of tetrazole rings is 1. The number of nitrogens with one attached hydrogen (secondary N) is 1. The van der Waals surface area contributed by atoms with E-state index < -0.39 is 29.2 Å². The Morgan fingerprint density at radius 2 is 1.89 bits per heavy atom. The van der Waals surface area contributed by atoms with E-state index >= 15 is 0 Å². The van der Waals surface area contributed by atoms with Gasteiger partial charge in [-0.1, -0.05) is 12.1 Å². The van der Waals surface area contributed by atoms with E-state index in [1.165, 1.54) is 35.4 Å². The zero-order valence-corrected chi connectivity index (χ0v) is 20.4. The normalized spacial score (nSPS) is 12.4. The number of nitrogens with zero attached hydrogens (tertiary/aromatic N) is 5. The predicted molar refractivity (Wildman–Crippen MR) is 127 cm³/mol. The van der Waals surface area contributed by atoms with E-state index in [1.807, 2.05) is 20.8 Å². The quantitative estimate of drug-likeness (QED) is 0.397. The number of benzene rings is 1. The largest absolute Gasteiger partial charge is 0.467 e. The molecule has 0 spiro atoms. The molecule has 1 N–H and O–H groups in total. The van der Waals surface area contributed by atoms with Gasteiger partial charge in [0.25, 0.3) is 0 Å². The second kappa shape index (κ2) is 10.1. The molecule has 0 bridgehead atoms. The van der Waals surface area contributed by atoms with Gasteiger partial charge >= 0.3 is 0 Å². The van der Waals surface area contributed by atoms with Crippen LogP contribution in [0, 0.1) is 12.7 Å². The molecule has 1 atom stereocenters. The van der Waals surface area contributed by atoms with Crippen LogP contribution in [0.3, 0.4) is 0 Å². The lowest BCUT2D eigenvalue weighted by molar-refractivity contribution is -0.143. The summed E-state index contributed by atoms with van der Waals surface area (Å²) in [4.78, 5) is 29.6. The van der Waals surface area contributed by atoms with Gasteiger partial charge in [0, 0.05) is 5.54 Å². The summed E-state index contributed by atoms with van der Waals surface area (Å²) in [6.07, 6.45) is 1.48. The van der Waals surface area contributed by atoms with Gasteiger partial charge in [-0.15, -0.1) is 10.2 Å². The Bertz CT molecular complexity index is 1320. The molecule has 4 aromatic rings. The van der Waals surface area contributed by atoms with Crippen LogP contribution in [-0.2, 0) is 22.7 Å². The maximum Gasteiger partial charge on any atom is 0.247 e. The summed E-state index contributed by atoms with van der Waals surface area (Å²) >= 11 is 0. The summed E-state index contributed by atoms with van der Waals surface area (Å²) in [5, 5.41) is 15.1. The first kappa shape index (κ1) is 24.8. The molecule has 2 amide bonds. The minimum Gasteiger partial charge on any atom is -0.467 e. The second-order valence-electron chi connectivity index (χ2n) is 9.35. The first-order valence-electron chi connectivity index (χ1n) is 11.3. The van der Waals surface area contributed by atoms with E-state index in [1.54, 1.807) is 31.2 Å². The molecule has 1 aromatic carbocycles. The van der Waals surface area contributed by atoms with Crippen molar-refractivity contribution in [2.24, 2.45) is 0 Å². The molecule has 4 rings (SSSR count). The lowest BCUT2D eigenvalue weighted by Crippen LogP contribution is -2.49. The minimum absolute atomic E-state index is 0.00955. The Morgan fingerprint density at radius 1 is 1.14 bits per heavy atom. The van der Waals surface area contributed by atoms with Crippen molar-refractivity contribution in [1.29, 1.82) is 0 Å². The molecular weight excluding hydrogens is 467 g/mol. The van der Waals surface area contributed by atoms with Crippen LogP contribution in [0.4, 0.5) is 4.39 Å². The maximum absolute atomic E-state index is 13.7. The number of carbonyl (C=O) groups excluding carboxylic acids is 2. The highest BCUT2D eigenvalue weighted by Crippen LogP contribution is 2.26. The number of amides is 2. The highest BCUT2D eigenvalue weighted by atomic mass is 19.1. The van der Waals surface area contributed by atoms with Crippen LogP contribution < -0.4 is 5.32 Å². The highest BCUT2D eigenvalue weighted by Gasteiger charge is 2.34. The van der Waals surface area contributed by atoms with Crippen molar-refractivity contribution in [3.8, 4) is 11.6 Å². The van der Waals surface area contributed by atoms with Gasteiger partial charge < -0.3 is 19.1 Å². The summed E-state index contributed by atoms with van der Waals surface area (Å²) in [6.45, 7) is 6.99. The highest BCUT2D eigenvalue weighted by molar-refractivity contribution is 5.89. The fourth-order valence-corrected chi connectivity index (χ4v) is 3.63. The molecule has 0 aliphatic rings. The van der Waals surface area contributed by atoms with Crippen LogP contribution in [0.15, 0.2) is 63.6 Å². The maximum atomic E-state index is 13.7. The van der Waals surface area contributed by atoms with Crippen LogP contribution in [-0.4, -0.2) is 42.5 Å². The van der Waals surface area contributed by atoms with Gasteiger partial charge in [-0.2, -0.15) is 4.80 Å². The monoisotopic (exact) mass is 494 g/mol. The van der Waals surface area contributed by atoms with Gasteiger partial charge in [-0.3, -0.25) is 9.59 Å². The molecule has 0 aliphatic carbocycles. The van der Waals surface area contributed by atoms with Crippen LogP contribution >= 0.6 is 0 Å². The predicted octanol–water partition coefficient (Wildman–Crippen LogP) is 3.66. The average Bonchev–Trinajstić information content (AvgIpc) is 3.56. The number of rotatable bonds is 8. The van der Waals surface area contributed by atoms with Crippen LogP contribution in [0.5, 0.6) is 0 Å². The summed E-state index contributed by atoms with van der Waals surface area (Å²) in [7, 11) is 0. The smallest absolute Gasteiger partial charge is 0.247 e. The van der Waals surface area contributed by atoms with Crippen LogP contribution in [0.2, 0.25) is 0 Å². The SMILES string of the molecule is Cc1ccc(-c2nnn(CC(=O)N(Cc3ccco3)[C@@H](C(=O)NC(C)(C)C)c3ccc(F)cc3)n2)o1. The molecule has 36 heavy (non-hydrogen) atoms. The molecule has 0 fully saturated rings. The Morgan fingerprint density at radius 3 is 2.50 bits per heavy atom. The van der Waals surface area contributed by atoms with Crippen molar-refractivity contribution in [3.05, 3.63) is 77.7 Å². The van der Waals surface area contributed by atoms with E-state index in [9.17, 15) is 14.0 Å². The number of carbonyl (C=O) groups is 2. The third-order valence-electron chi connectivity index (χ3n) is 5.16. The first-order valence-corrected chi connectivity index (χ1v) is 11.3. The molecule has 0 unspecified atom stereocenters. The summed E-state index contributed by atoms with van der Waals surface area (Å²) in [5.41, 5.74) is -0.130. The molecular formula is C25H27FN6O4. The van der Waals surface area contributed by atoms with Crippen molar-refractivity contribution in [2.75, 3.05) is 0 Å². The lowest BCUT2D eigenvalue weighted by atomic mass is 10.0. The second-order valence-corrected chi connectivity index (χ2v) is 9.35. The molecule has 0 saturated heterocycles. The van der Waals surface area contributed by atoms with E-state index in [4.69, 9.17) is 8.83 Å². The Hall–Kier alpha value is -4.28. The fraction of sp³-hybridized carbons (Fsp3) is 0.320. The number of furan rings is 2. The number of halogens is 1. The van der Waals surface area contributed by atoms with Gasteiger partial charge in [0.2, 0.25) is 17.6 Å². The summed E-state index contributed by atoms with van der Waals surface area (Å²) in [6, 6.07) is 11.3. The number of hydrogen-bond donors (Lipinski definition) is 1. The molecule has 188 valence electrons. The van der Waals surface area contributed by atoms with Gasteiger partial charge in [0.15, 0.2) is 5.76 Å². The van der Waals surface area contributed by atoms with Gasteiger partial charge in [0.1, 0.15) is 29.9 Å². The number of hydrogen-bond acceptors (Lipinski definition) is 7. The molecule has 10 nitrogen and oxygen atoms in total. The van der Waals surface area contributed by atoms with Crippen LogP contribution in [0.1, 0.15) is 43.9 Å². The molecule has 3 heterocycles. The Kier molecular flexibility index (Phi) is 7.00. The zero-order valence-electron chi connectivity index (χ0n) is 20.4. The zero-order chi connectivity index (χ0) is 25.9. The molecule has 0 aliphatic heterocycles. The molecule has 3 aromatic heterocycles. The van der Waals surface area contributed by atoms with Crippen molar-refractivity contribution in [3.63, 3.8) is 0 Å². The number of aryl methyl sites for hydroxylation is 1. The minimum atomic E-state index is -1.07. The van der Waals surface area contributed by atoms with E-state index in [-0.39, 0.29) is 18.9 Å². The van der Waals surface area contributed by atoms with E-state index in [0.29, 0.717) is 22.8 Å². The molecule has 11 heteroatoms. The lowest BCUT2D eigenvalue weighted by Gasteiger charge is -2.33. The van der Waals surface area contributed by atoms with Gasteiger partial charge in [-0.05, 0) is 74.9 Å². The van der Waals surface area contributed by atoms with Crippen molar-refractivity contribution < 1.29 is 22.8 Å². The van der Waals surface area contributed by atoms with E-state index in [2.05, 4.69) is 20.7 Å². The van der Waals surface area contributed by atoms with Crippen LogP contribution in [0.25, 0.3) is 11.6 Å². The third kappa shape index (κ3) is 6.04. The summed E-state index contributed by atoms with van der Waals surface area (Å²) < 4.78 is 24.7.